The first-order valence-electron chi connectivity index (χ1n) is 12.6. The highest BCUT2D eigenvalue weighted by Gasteiger charge is 2.17. The summed E-state index contributed by atoms with van der Waals surface area (Å²) in [5.74, 6) is -1.70. The van der Waals surface area contributed by atoms with Crippen LogP contribution in [0.3, 0.4) is 0 Å². The quantitative estimate of drug-likeness (QED) is 0.224. The molecule has 6 N–H and O–H groups in total. The fourth-order valence-corrected chi connectivity index (χ4v) is 3.82. The molecule has 204 valence electrons. The van der Waals surface area contributed by atoms with E-state index in [0.717, 1.165) is 12.0 Å². The number of nitrogens with one attached hydrogen (secondary N) is 3. The number of para-hydroxylation sites is 1. The number of carbonyl (C=O) groups is 4. The van der Waals surface area contributed by atoms with E-state index in [2.05, 4.69) is 16.0 Å². The number of benzene rings is 3. The van der Waals surface area contributed by atoms with Crippen molar-refractivity contribution in [2.75, 3.05) is 35.2 Å². The molecule has 0 aliphatic heterocycles. The number of urea groups is 1. The number of hydrogen-bond acceptors (Lipinski definition) is 5. The van der Waals surface area contributed by atoms with Crippen LogP contribution in [0.4, 0.5) is 21.9 Å². The maximum atomic E-state index is 12.9. The number of carboxylic acid groups (broad SMARTS) is 1. The molecule has 39 heavy (non-hydrogen) atoms. The first-order chi connectivity index (χ1) is 18.8. The maximum absolute atomic E-state index is 12.9. The third kappa shape index (κ3) is 8.97. The summed E-state index contributed by atoms with van der Waals surface area (Å²) < 4.78 is 0. The molecule has 4 amide bonds. The first kappa shape index (κ1) is 28.9. The average molecular weight is 532 g/mol. The molecule has 3 rings (SSSR count). The van der Waals surface area contributed by atoms with E-state index in [9.17, 15) is 19.2 Å². The smallest absolute Gasteiger partial charge is 0.335 e. The summed E-state index contributed by atoms with van der Waals surface area (Å²) in [6, 6.07) is 20.0. The molecule has 0 aliphatic carbocycles. The SMILES string of the molecule is Cc1ccccc1NC(=O)Nc1ccc(CC(=O)NCC(=O)N(CCCCN)c2ccc(C(=O)O)cc2)cc1. The van der Waals surface area contributed by atoms with Gasteiger partial charge in [-0.2, -0.15) is 0 Å². The molecule has 0 saturated heterocycles. The van der Waals surface area contributed by atoms with Crippen LogP contribution in [-0.2, 0) is 16.0 Å². The lowest BCUT2D eigenvalue weighted by molar-refractivity contribution is -0.124. The number of carbonyl (C=O) groups excluding carboxylic acids is 3. The van der Waals surface area contributed by atoms with Crippen LogP contribution >= 0.6 is 0 Å². The zero-order valence-electron chi connectivity index (χ0n) is 21.8. The summed E-state index contributed by atoms with van der Waals surface area (Å²) in [5, 5.41) is 17.3. The monoisotopic (exact) mass is 531 g/mol. The highest BCUT2D eigenvalue weighted by Crippen LogP contribution is 2.17. The van der Waals surface area contributed by atoms with Gasteiger partial charge in [-0.1, -0.05) is 30.3 Å². The lowest BCUT2D eigenvalue weighted by atomic mass is 10.1. The number of nitrogens with two attached hydrogens (primary N) is 1. The fraction of sp³-hybridized carbons (Fsp3) is 0.241. The number of unbranched alkanes of at least 4 members (excludes halogenated alkanes) is 1. The minimum absolute atomic E-state index is 0.0590. The van der Waals surface area contributed by atoms with E-state index < -0.39 is 5.97 Å². The largest absolute Gasteiger partial charge is 0.478 e. The van der Waals surface area contributed by atoms with Crippen molar-refractivity contribution in [2.45, 2.75) is 26.2 Å². The summed E-state index contributed by atoms with van der Waals surface area (Å²) in [5.41, 5.74) is 9.19. The van der Waals surface area contributed by atoms with Crippen molar-refractivity contribution in [2.24, 2.45) is 5.73 Å². The topological polar surface area (TPSA) is 154 Å². The van der Waals surface area contributed by atoms with Crippen molar-refractivity contribution in [3.8, 4) is 0 Å². The van der Waals surface area contributed by atoms with Gasteiger partial charge >= 0.3 is 12.0 Å². The lowest BCUT2D eigenvalue weighted by Gasteiger charge is -2.23. The summed E-state index contributed by atoms with van der Waals surface area (Å²) in [6.07, 6.45) is 1.45. The molecule has 0 atom stereocenters. The second kappa shape index (κ2) is 14.3. The first-order valence-corrected chi connectivity index (χ1v) is 12.6. The Bertz CT molecular complexity index is 1290. The number of carboxylic acids is 1. The molecule has 3 aromatic carbocycles. The molecule has 0 saturated carbocycles. The summed E-state index contributed by atoms with van der Waals surface area (Å²) in [7, 11) is 0. The van der Waals surface area contributed by atoms with Crippen LogP contribution in [0.15, 0.2) is 72.8 Å². The minimum Gasteiger partial charge on any atom is -0.478 e. The van der Waals surface area contributed by atoms with Gasteiger partial charge in [-0.15, -0.1) is 0 Å². The highest BCUT2D eigenvalue weighted by molar-refractivity contribution is 6.00. The van der Waals surface area contributed by atoms with Gasteiger partial charge in [-0.25, -0.2) is 9.59 Å². The van der Waals surface area contributed by atoms with E-state index in [1.165, 1.54) is 17.0 Å². The molecule has 0 fully saturated rings. The Balaban J connectivity index is 1.52. The number of anilines is 3. The Hall–Kier alpha value is -4.70. The molecule has 0 spiro atoms. The van der Waals surface area contributed by atoms with Gasteiger partial charge in [0.15, 0.2) is 0 Å². The van der Waals surface area contributed by atoms with E-state index in [1.54, 1.807) is 36.4 Å². The van der Waals surface area contributed by atoms with Crippen molar-refractivity contribution in [1.29, 1.82) is 0 Å². The van der Waals surface area contributed by atoms with Crippen LogP contribution in [0.1, 0.15) is 34.3 Å². The molecule has 0 unspecified atom stereocenters. The molecule has 0 radical (unpaired) electrons. The lowest BCUT2D eigenvalue weighted by Crippen LogP contribution is -2.41. The summed E-state index contributed by atoms with van der Waals surface area (Å²) in [4.78, 5) is 50.4. The molecule has 0 bridgehead atoms. The number of nitrogens with zero attached hydrogens (tertiary/aromatic N) is 1. The van der Waals surface area contributed by atoms with Crippen LogP contribution in [0.5, 0.6) is 0 Å². The highest BCUT2D eigenvalue weighted by atomic mass is 16.4. The maximum Gasteiger partial charge on any atom is 0.335 e. The Labute approximate surface area is 227 Å². The van der Waals surface area contributed by atoms with Gasteiger partial charge in [0.2, 0.25) is 11.8 Å². The molecule has 0 aromatic heterocycles. The number of hydrogen-bond donors (Lipinski definition) is 5. The Morgan fingerprint density at radius 3 is 2.21 bits per heavy atom. The fourth-order valence-electron chi connectivity index (χ4n) is 3.82. The van der Waals surface area contributed by atoms with Gasteiger partial charge in [0, 0.05) is 23.6 Å². The predicted molar refractivity (Wildman–Crippen MR) is 151 cm³/mol. The number of rotatable bonds is 12. The zero-order chi connectivity index (χ0) is 28.2. The normalized spacial score (nSPS) is 10.4. The average Bonchev–Trinajstić information content (AvgIpc) is 2.92. The van der Waals surface area contributed by atoms with Crippen molar-refractivity contribution >= 4 is 40.9 Å². The van der Waals surface area contributed by atoms with E-state index in [0.29, 0.717) is 42.1 Å². The van der Waals surface area contributed by atoms with E-state index >= 15 is 0 Å². The van der Waals surface area contributed by atoms with Crippen LogP contribution in [0, 0.1) is 6.92 Å². The van der Waals surface area contributed by atoms with Crippen molar-refractivity contribution in [3.63, 3.8) is 0 Å². The van der Waals surface area contributed by atoms with E-state index in [1.807, 2.05) is 31.2 Å². The zero-order valence-corrected chi connectivity index (χ0v) is 21.8. The van der Waals surface area contributed by atoms with Gasteiger partial charge in [0.1, 0.15) is 0 Å². The molecule has 10 nitrogen and oxygen atoms in total. The second-order valence-electron chi connectivity index (χ2n) is 8.94. The van der Waals surface area contributed by atoms with Crippen LogP contribution in [-0.4, -0.2) is 48.6 Å². The molecule has 3 aromatic rings. The Morgan fingerprint density at radius 1 is 0.872 bits per heavy atom. The van der Waals surface area contributed by atoms with Crippen LogP contribution in [0.25, 0.3) is 0 Å². The number of aryl methyl sites for hydroxylation is 1. The predicted octanol–water partition coefficient (Wildman–Crippen LogP) is 3.77. The number of aromatic carboxylic acids is 1. The standard InChI is InChI=1S/C29H33N5O5/c1-20-6-2-3-7-25(20)33-29(39)32-23-12-8-21(9-13-23)18-26(35)31-19-27(36)34(17-5-4-16-30)24-14-10-22(11-15-24)28(37)38/h2-3,6-15H,4-5,16-19,30H2,1H3,(H,31,35)(H,37,38)(H2,32,33,39). The van der Waals surface area contributed by atoms with Gasteiger partial charge in [-0.05, 0) is 79.9 Å². The van der Waals surface area contributed by atoms with Gasteiger partial charge in [0.05, 0.1) is 18.5 Å². The third-order valence-corrected chi connectivity index (χ3v) is 5.97. The van der Waals surface area contributed by atoms with Gasteiger partial charge in [-0.3, -0.25) is 9.59 Å². The molecule has 10 heteroatoms. The Morgan fingerprint density at radius 2 is 1.56 bits per heavy atom. The second-order valence-corrected chi connectivity index (χ2v) is 8.94. The van der Waals surface area contributed by atoms with Crippen LogP contribution in [0.2, 0.25) is 0 Å². The minimum atomic E-state index is -1.05. The summed E-state index contributed by atoms with van der Waals surface area (Å²) >= 11 is 0. The molecule has 0 heterocycles. The van der Waals surface area contributed by atoms with E-state index in [-0.39, 0.29) is 36.4 Å². The van der Waals surface area contributed by atoms with Crippen LogP contribution < -0.4 is 26.6 Å². The van der Waals surface area contributed by atoms with Gasteiger partial charge in [0.25, 0.3) is 0 Å². The third-order valence-electron chi connectivity index (χ3n) is 5.97. The Kier molecular flexibility index (Phi) is 10.6. The molecular weight excluding hydrogens is 498 g/mol. The molecule has 0 aliphatic rings. The van der Waals surface area contributed by atoms with Crippen molar-refractivity contribution in [1.82, 2.24) is 5.32 Å². The van der Waals surface area contributed by atoms with Crippen molar-refractivity contribution in [3.05, 3.63) is 89.5 Å². The molecular formula is C29H33N5O5. The summed E-state index contributed by atoms with van der Waals surface area (Å²) in [6.45, 7) is 2.58. The van der Waals surface area contributed by atoms with Gasteiger partial charge < -0.3 is 31.7 Å². The number of amides is 4. The van der Waals surface area contributed by atoms with E-state index in [4.69, 9.17) is 10.8 Å². The van der Waals surface area contributed by atoms with Crippen molar-refractivity contribution < 1.29 is 24.3 Å².